The van der Waals surface area contributed by atoms with E-state index in [1.807, 2.05) is 44.3 Å². The lowest BCUT2D eigenvalue weighted by molar-refractivity contribution is -0.137. The van der Waals surface area contributed by atoms with E-state index >= 15 is 0 Å². The van der Waals surface area contributed by atoms with E-state index in [2.05, 4.69) is 21.0 Å². The quantitative estimate of drug-likeness (QED) is 0.317. The summed E-state index contributed by atoms with van der Waals surface area (Å²) in [7, 11) is 1.75. The van der Waals surface area contributed by atoms with Crippen LogP contribution in [0.1, 0.15) is 25.0 Å². The second-order valence-electron chi connectivity index (χ2n) is 9.57. The number of aromatic nitrogens is 4. The molecule has 0 unspecified atom stereocenters. The number of aryl methyl sites for hydroxylation is 1. The number of alkyl halides is 3. The lowest BCUT2D eigenvalue weighted by Crippen LogP contribution is -2.23. The molecule has 39 heavy (non-hydrogen) atoms. The van der Waals surface area contributed by atoms with Crippen molar-refractivity contribution in [1.29, 1.82) is 10.5 Å². The Morgan fingerprint density at radius 3 is 2.31 bits per heavy atom. The smallest absolute Gasteiger partial charge is 0.383 e. The van der Waals surface area contributed by atoms with Gasteiger partial charge in [-0.3, -0.25) is 9.55 Å². The van der Waals surface area contributed by atoms with Gasteiger partial charge < -0.3 is 10.3 Å². The minimum Gasteiger partial charge on any atom is -0.383 e. The van der Waals surface area contributed by atoms with E-state index < -0.39 is 23.0 Å². The van der Waals surface area contributed by atoms with E-state index in [0.717, 1.165) is 11.6 Å². The van der Waals surface area contributed by atoms with Crippen molar-refractivity contribution in [3.63, 3.8) is 0 Å². The summed E-state index contributed by atoms with van der Waals surface area (Å²) in [5, 5.41) is 19.6. The number of benzene rings is 2. The molecule has 0 amide bonds. The predicted molar refractivity (Wildman–Crippen MR) is 140 cm³/mol. The Kier molecular flexibility index (Phi) is 5.88. The summed E-state index contributed by atoms with van der Waals surface area (Å²) in [6.07, 6.45) is 0.146. The molecule has 0 saturated heterocycles. The predicted octanol–water partition coefficient (Wildman–Crippen LogP) is 5.36. The fourth-order valence-electron chi connectivity index (χ4n) is 4.55. The van der Waals surface area contributed by atoms with Gasteiger partial charge in [0.25, 0.3) is 0 Å². The number of rotatable bonds is 3. The second-order valence-corrected chi connectivity index (χ2v) is 9.57. The Bertz CT molecular complexity index is 1910. The number of pyridine rings is 2. The van der Waals surface area contributed by atoms with E-state index in [1.165, 1.54) is 6.20 Å². The summed E-state index contributed by atoms with van der Waals surface area (Å²) in [6.45, 7) is 3.64. The molecule has 2 N–H and O–H groups in total. The highest BCUT2D eigenvalue weighted by Gasteiger charge is 2.34. The van der Waals surface area contributed by atoms with Crippen LogP contribution in [0.5, 0.6) is 0 Å². The van der Waals surface area contributed by atoms with Gasteiger partial charge in [-0.25, -0.2) is 4.98 Å². The minimum atomic E-state index is -4.65. The molecular weight excluding hydrogens is 505 g/mol. The third-order valence-electron chi connectivity index (χ3n) is 6.74. The van der Waals surface area contributed by atoms with Gasteiger partial charge in [0.05, 0.1) is 39.8 Å². The highest BCUT2D eigenvalue weighted by Crippen LogP contribution is 2.36. The molecule has 0 saturated carbocycles. The third-order valence-corrected chi connectivity index (χ3v) is 6.74. The fraction of sp³-hybridized carbons (Fsp3) is 0.179. The lowest BCUT2D eigenvalue weighted by atomic mass is 9.86. The van der Waals surface area contributed by atoms with Crippen LogP contribution in [0.25, 0.3) is 38.8 Å². The molecule has 3 heterocycles. The number of imidazole rings is 1. The molecule has 11 heteroatoms. The average molecular weight is 527 g/mol. The SMILES string of the molecule is Cn1/c(=N/C#N)n(-c2ccc(C(C)(C)C#N)cc2)c2c3cc(-c4cnc(N)c(C(F)(F)F)c4)ccc3ncc21. The third kappa shape index (κ3) is 4.24. The Hall–Kier alpha value is -5.16. The van der Waals surface area contributed by atoms with Crippen molar-refractivity contribution in [2.45, 2.75) is 25.4 Å². The van der Waals surface area contributed by atoms with Gasteiger partial charge >= 0.3 is 6.18 Å². The molecule has 0 aliphatic rings. The molecule has 0 spiro atoms. The molecule has 0 aliphatic carbocycles. The molecule has 0 fully saturated rings. The van der Waals surface area contributed by atoms with Crippen molar-refractivity contribution in [2.24, 2.45) is 12.0 Å². The number of hydrogen-bond acceptors (Lipinski definition) is 6. The zero-order chi connectivity index (χ0) is 28.1. The summed E-state index contributed by atoms with van der Waals surface area (Å²) >= 11 is 0. The first kappa shape index (κ1) is 25.5. The molecule has 0 atom stereocenters. The van der Waals surface area contributed by atoms with Crippen molar-refractivity contribution in [2.75, 3.05) is 5.73 Å². The number of halogens is 3. The van der Waals surface area contributed by atoms with Crippen LogP contribution in [0, 0.1) is 22.8 Å². The Morgan fingerprint density at radius 2 is 1.67 bits per heavy atom. The Balaban J connectivity index is 1.82. The van der Waals surface area contributed by atoms with Crippen molar-refractivity contribution < 1.29 is 13.2 Å². The van der Waals surface area contributed by atoms with E-state index in [0.29, 0.717) is 38.8 Å². The summed E-state index contributed by atoms with van der Waals surface area (Å²) in [5.74, 6) is -0.595. The van der Waals surface area contributed by atoms with Crippen molar-refractivity contribution in [1.82, 2.24) is 19.1 Å². The van der Waals surface area contributed by atoms with Crippen molar-refractivity contribution in [3.8, 4) is 29.1 Å². The van der Waals surface area contributed by atoms with Gasteiger partial charge in [-0.15, -0.1) is 4.99 Å². The van der Waals surface area contributed by atoms with Gasteiger partial charge in [-0.05, 0) is 55.3 Å². The number of hydrogen-bond donors (Lipinski definition) is 1. The highest BCUT2D eigenvalue weighted by atomic mass is 19.4. The van der Waals surface area contributed by atoms with Crippen LogP contribution in [0.15, 0.2) is 65.9 Å². The van der Waals surface area contributed by atoms with Gasteiger partial charge in [-0.2, -0.15) is 23.7 Å². The maximum Gasteiger partial charge on any atom is 0.419 e. The van der Waals surface area contributed by atoms with Gasteiger partial charge in [0.15, 0.2) is 0 Å². The molecule has 5 aromatic rings. The molecular formula is C28H21F3N8. The van der Waals surface area contributed by atoms with Crippen LogP contribution in [0.3, 0.4) is 0 Å². The number of nitrogens with zero attached hydrogens (tertiary/aromatic N) is 7. The largest absolute Gasteiger partial charge is 0.419 e. The lowest BCUT2D eigenvalue weighted by Gasteiger charge is -2.16. The number of nitriles is 2. The van der Waals surface area contributed by atoms with E-state index in [9.17, 15) is 23.7 Å². The van der Waals surface area contributed by atoms with Crippen LogP contribution < -0.4 is 11.4 Å². The maximum atomic E-state index is 13.5. The van der Waals surface area contributed by atoms with E-state index in [-0.39, 0.29) is 5.56 Å². The van der Waals surface area contributed by atoms with Gasteiger partial charge in [0.2, 0.25) is 11.8 Å². The average Bonchev–Trinajstić information content (AvgIpc) is 3.20. The first-order valence-corrected chi connectivity index (χ1v) is 11.7. The molecule has 3 aromatic heterocycles. The summed E-state index contributed by atoms with van der Waals surface area (Å²) < 4.78 is 44.0. The normalized spacial score (nSPS) is 12.6. The van der Waals surface area contributed by atoms with Crippen LogP contribution >= 0.6 is 0 Å². The van der Waals surface area contributed by atoms with Gasteiger partial charge in [-0.1, -0.05) is 18.2 Å². The molecule has 0 bridgehead atoms. The number of nitrogen functional groups attached to an aromatic ring is 1. The van der Waals surface area contributed by atoms with Gasteiger partial charge in [0.1, 0.15) is 5.82 Å². The Morgan fingerprint density at radius 1 is 0.949 bits per heavy atom. The zero-order valence-corrected chi connectivity index (χ0v) is 21.1. The molecule has 8 nitrogen and oxygen atoms in total. The van der Waals surface area contributed by atoms with Crippen LogP contribution in [-0.4, -0.2) is 19.1 Å². The second kappa shape index (κ2) is 8.99. The fourth-order valence-corrected chi connectivity index (χ4v) is 4.55. The van der Waals surface area contributed by atoms with E-state index in [4.69, 9.17) is 5.73 Å². The maximum absolute atomic E-state index is 13.5. The molecule has 0 radical (unpaired) electrons. The minimum absolute atomic E-state index is 0.239. The topological polar surface area (TPSA) is 122 Å². The van der Waals surface area contributed by atoms with Gasteiger partial charge in [0, 0.05) is 29.9 Å². The van der Waals surface area contributed by atoms with Crippen molar-refractivity contribution >= 4 is 27.8 Å². The summed E-state index contributed by atoms with van der Waals surface area (Å²) in [5.41, 5.74) is 8.23. The van der Waals surface area contributed by atoms with Crippen LogP contribution in [0.2, 0.25) is 0 Å². The molecule has 0 aliphatic heterocycles. The number of nitrogens with two attached hydrogens (primary N) is 1. The van der Waals surface area contributed by atoms with Crippen molar-refractivity contribution in [3.05, 3.63) is 77.7 Å². The summed E-state index contributed by atoms with van der Waals surface area (Å²) in [4.78, 5) is 12.3. The standard InChI is InChI=1S/C28H21F3N8/c1-27(2,14-32)18-5-7-19(8-6-18)39-24-20-10-16(17-11-21(28(29,30)31)25(34)36-12-17)4-9-22(20)35-13-23(24)38(3)26(39)37-15-33/h4-13H,1-3H3,(H2,34,36)/b37-26-. The monoisotopic (exact) mass is 526 g/mol. The van der Waals surface area contributed by atoms with E-state index in [1.54, 1.807) is 40.6 Å². The number of anilines is 1. The van der Waals surface area contributed by atoms with Crippen LogP contribution in [0.4, 0.5) is 19.0 Å². The first-order chi connectivity index (χ1) is 18.5. The Labute approximate surface area is 220 Å². The highest BCUT2D eigenvalue weighted by molar-refractivity contribution is 6.04. The first-order valence-electron chi connectivity index (χ1n) is 11.7. The zero-order valence-electron chi connectivity index (χ0n) is 21.1. The summed E-state index contributed by atoms with van der Waals surface area (Å²) in [6, 6.07) is 15.7. The molecule has 5 rings (SSSR count). The number of fused-ring (bicyclic) bond motifs is 3. The molecule has 194 valence electrons. The van der Waals surface area contributed by atoms with Crippen LogP contribution in [-0.2, 0) is 18.6 Å². The molecule has 2 aromatic carbocycles.